The molecule has 1 amide bonds. The molecule has 0 heterocycles. The number of rotatable bonds is 6. The summed E-state index contributed by atoms with van der Waals surface area (Å²) in [5.41, 5.74) is 2.57. The Labute approximate surface area is 151 Å². The van der Waals surface area contributed by atoms with Gasteiger partial charge in [-0.05, 0) is 41.5 Å². The summed E-state index contributed by atoms with van der Waals surface area (Å²) in [6, 6.07) is 18.1. The molecule has 0 aromatic heterocycles. The Morgan fingerprint density at radius 3 is 2.16 bits per heavy atom. The first-order valence-electron chi connectivity index (χ1n) is 8.87. The quantitative estimate of drug-likeness (QED) is 0.830. The average Bonchev–Trinajstić information content (AvgIpc) is 2.59. The first-order valence-corrected chi connectivity index (χ1v) is 8.87. The molecule has 3 nitrogen and oxygen atoms in total. The van der Waals surface area contributed by atoms with Crippen LogP contribution in [0.25, 0.3) is 0 Å². The molecule has 2 unspecified atom stereocenters. The predicted octanol–water partition coefficient (Wildman–Crippen LogP) is 4.67. The summed E-state index contributed by atoms with van der Waals surface area (Å²) in [7, 11) is 0. The van der Waals surface area contributed by atoms with Gasteiger partial charge in [-0.1, -0.05) is 70.2 Å². The highest BCUT2D eigenvalue weighted by Crippen LogP contribution is 2.24. The minimum atomic E-state index is -0.525. The van der Waals surface area contributed by atoms with Crippen molar-refractivity contribution in [2.24, 2.45) is 0 Å². The lowest BCUT2D eigenvalue weighted by Gasteiger charge is -2.20. The molecule has 1 N–H and O–H groups in total. The van der Waals surface area contributed by atoms with Crippen LogP contribution >= 0.6 is 0 Å². The zero-order valence-electron chi connectivity index (χ0n) is 15.9. The zero-order valence-corrected chi connectivity index (χ0v) is 15.9. The highest BCUT2D eigenvalue weighted by molar-refractivity contribution is 5.80. The molecular weight excluding hydrogens is 310 g/mol. The monoisotopic (exact) mass is 339 g/mol. The smallest absolute Gasteiger partial charge is 0.260 e. The van der Waals surface area contributed by atoms with Crippen LogP contribution in [0.3, 0.4) is 0 Å². The maximum absolute atomic E-state index is 12.3. The lowest BCUT2D eigenvalue weighted by molar-refractivity contribution is -0.127. The largest absolute Gasteiger partial charge is 0.481 e. The Bertz CT molecular complexity index is 671. The van der Waals surface area contributed by atoms with E-state index < -0.39 is 6.10 Å². The van der Waals surface area contributed by atoms with Crippen LogP contribution < -0.4 is 10.1 Å². The van der Waals surface area contributed by atoms with Crippen LogP contribution in [0.2, 0.25) is 0 Å². The van der Waals surface area contributed by atoms with Gasteiger partial charge in [0.05, 0.1) is 0 Å². The number of hydrogen-bond acceptors (Lipinski definition) is 2. The van der Waals surface area contributed by atoms with Crippen LogP contribution in [0.15, 0.2) is 54.6 Å². The van der Waals surface area contributed by atoms with Crippen LogP contribution in [-0.2, 0) is 10.2 Å². The second-order valence-electron chi connectivity index (χ2n) is 7.59. The van der Waals surface area contributed by atoms with Crippen molar-refractivity contribution in [3.8, 4) is 5.75 Å². The molecule has 0 spiro atoms. The van der Waals surface area contributed by atoms with Gasteiger partial charge in [0.1, 0.15) is 5.75 Å². The molecule has 3 heteroatoms. The van der Waals surface area contributed by atoms with E-state index in [1.54, 1.807) is 6.92 Å². The van der Waals surface area contributed by atoms with Gasteiger partial charge >= 0.3 is 0 Å². The molecule has 2 rings (SSSR count). The Kier molecular flexibility index (Phi) is 6.24. The van der Waals surface area contributed by atoms with Crippen molar-refractivity contribution in [3.05, 3.63) is 65.7 Å². The van der Waals surface area contributed by atoms with Gasteiger partial charge in [0, 0.05) is 6.54 Å². The van der Waals surface area contributed by atoms with Crippen molar-refractivity contribution in [1.82, 2.24) is 5.32 Å². The number of carbonyl (C=O) groups is 1. The highest BCUT2D eigenvalue weighted by Gasteiger charge is 2.17. The van der Waals surface area contributed by atoms with E-state index in [2.05, 4.69) is 57.3 Å². The minimum absolute atomic E-state index is 0.0947. The second-order valence-corrected chi connectivity index (χ2v) is 7.59. The molecule has 134 valence electrons. The Morgan fingerprint density at radius 2 is 1.60 bits per heavy atom. The van der Waals surface area contributed by atoms with Crippen LogP contribution in [-0.4, -0.2) is 18.6 Å². The normalized spacial score (nSPS) is 13.8. The van der Waals surface area contributed by atoms with Crippen molar-refractivity contribution in [3.63, 3.8) is 0 Å². The van der Waals surface area contributed by atoms with Gasteiger partial charge < -0.3 is 10.1 Å². The van der Waals surface area contributed by atoms with E-state index in [1.165, 1.54) is 11.1 Å². The molecule has 0 bridgehead atoms. The molecule has 0 aliphatic rings. The number of amides is 1. The Morgan fingerprint density at radius 1 is 1.00 bits per heavy atom. The lowest BCUT2D eigenvalue weighted by Crippen LogP contribution is -2.38. The fourth-order valence-electron chi connectivity index (χ4n) is 2.59. The van der Waals surface area contributed by atoms with Crippen molar-refractivity contribution in [1.29, 1.82) is 0 Å². The first kappa shape index (κ1) is 19.0. The molecule has 2 aromatic rings. The van der Waals surface area contributed by atoms with Crippen LogP contribution in [0.1, 0.15) is 51.7 Å². The van der Waals surface area contributed by atoms with Gasteiger partial charge in [0.15, 0.2) is 6.10 Å². The third kappa shape index (κ3) is 5.63. The van der Waals surface area contributed by atoms with Crippen molar-refractivity contribution < 1.29 is 9.53 Å². The molecule has 2 atom stereocenters. The highest BCUT2D eigenvalue weighted by atomic mass is 16.5. The maximum atomic E-state index is 12.3. The van der Waals surface area contributed by atoms with E-state index in [-0.39, 0.29) is 17.2 Å². The van der Waals surface area contributed by atoms with Gasteiger partial charge in [0.2, 0.25) is 0 Å². The molecular formula is C22H29NO2. The number of nitrogens with one attached hydrogen (secondary N) is 1. The van der Waals surface area contributed by atoms with Crippen molar-refractivity contribution >= 4 is 5.91 Å². The van der Waals surface area contributed by atoms with Crippen molar-refractivity contribution in [2.75, 3.05) is 6.54 Å². The summed E-state index contributed by atoms with van der Waals surface area (Å²) in [5.74, 6) is 0.887. The first-order chi connectivity index (χ1) is 11.8. The van der Waals surface area contributed by atoms with E-state index in [9.17, 15) is 4.79 Å². The Balaban J connectivity index is 1.86. The van der Waals surface area contributed by atoms with E-state index in [0.717, 1.165) is 0 Å². The van der Waals surface area contributed by atoms with Gasteiger partial charge in [-0.15, -0.1) is 0 Å². The molecule has 2 aromatic carbocycles. The molecule has 0 aliphatic heterocycles. The fraction of sp³-hybridized carbons (Fsp3) is 0.409. The predicted molar refractivity (Wildman–Crippen MR) is 103 cm³/mol. The molecule has 0 saturated heterocycles. The molecule has 0 fully saturated rings. The van der Waals surface area contributed by atoms with E-state index >= 15 is 0 Å². The minimum Gasteiger partial charge on any atom is -0.481 e. The third-order valence-electron chi connectivity index (χ3n) is 4.35. The number of carbonyl (C=O) groups excluding carboxylic acids is 1. The fourth-order valence-corrected chi connectivity index (χ4v) is 2.59. The number of benzene rings is 2. The summed E-state index contributed by atoms with van der Waals surface area (Å²) < 4.78 is 5.77. The van der Waals surface area contributed by atoms with E-state index in [0.29, 0.717) is 12.3 Å². The zero-order chi connectivity index (χ0) is 18.4. The summed E-state index contributed by atoms with van der Waals surface area (Å²) in [6.07, 6.45) is -0.525. The van der Waals surface area contributed by atoms with Crippen LogP contribution in [0.5, 0.6) is 5.75 Å². The topological polar surface area (TPSA) is 38.3 Å². The molecule has 0 aliphatic carbocycles. The van der Waals surface area contributed by atoms with E-state index in [1.807, 2.05) is 30.3 Å². The Hall–Kier alpha value is -2.29. The van der Waals surface area contributed by atoms with Crippen molar-refractivity contribution in [2.45, 2.75) is 52.1 Å². The van der Waals surface area contributed by atoms with Gasteiger partial charge in [0.25, 0.3) is 5.91 Å². The molecule has 0 radical (unpaired) electrons. The van der Waals surface area contributed by atoms with Crippen LogP contribution in [0, 0.1) is 0 Å². The second kappa shape index (κ2) is 8.19. The summed E-state index contributed by atoms with van der Waals surface area (Å²) >= 11 is 0. The summed E-state index contributed by atoms with van der Waals surface area (Å²) in [6.45, 7) is 11.0. The van der Waals surface area contributed by atoms with Gasteiger partial charge in [-0.25, -0.2) is 0 Å². The maximum Gasteiger partial charge on any atom is 0.260 e. The standard InChI is InChI=1S/C22H29NO2/c1-16(18-9-7-6-8-10-18)15-23-21(24)17(2)25-20-13-11-19(12-14-20)22(3,4)5/h6-14,16-17H,15H2,1-5H3,(H,23,24). The summed E-state index contributed by atoms with van der Waals surface area (Å²) in [5, 5.41) is 2.97. The number of hydrogen-bond donors (Lipinski definition) is 1. The third-order valence-corrected chi connectivity index (χ3v) is 4.35. The lowest BCUT2D eigenvalue weighted by atomic mass is 9.87. The van der Waals surface area contributed by atoms with Crippen LogP contribution in [0.4, 0.5) is 0 Å². The molecule has 25 heavy (non-hydrogen) atoms. The summed E-state index contributed by atoms with van der Waals surface area (Å²) in [4.78, 5) is 12.3. The molecule has 0 saturated carbocycles. The SMILES string of the molecule is CC(Oc1ccc(C(C)(C)C)cc1)C(=O)NCC(C)c1ccccc1. The van der Waals surface area contributed by atoms with Gasteiger partial charge in [-0.2, -0.15) is 0 Å². The van der Waals surface area contributed by atoms with E-state index in [4.69, 9.17) is 4.74 Å². The number of ether oxygens (including phenoxy) is 1. The average molecular weight is 339 g/mol. The van der Waals surface area contributed by atoms with Gasteiger partial charge in [-0.3, -0.25) is 4.79 Å².